The van der Waals surface area contributed by atoms with E-state index in [0.29, 0.717) is 16.7 Å². The summed E-state index contributed by atoms with van der Waals surface area (Å²) in [4.78, 5) is 84.3. The van der Waals surface area contributed by atoms with E-state index in [0.717, 1.165) is 0 Å². The largest absolute Gasteiger partial charge is 0.457 e. The Morgan fingerprint density at radius 2 is 1.40 bits per heavy atom. The van der Waals surface area contributed by atoms with Crippen molar-refractivity contribution in [1.29, 1.82) is 0 Å². The summed E-state index contributed by atoms with van der Waals surface area (Å²) >= 11 is 0. The fourth-order valence-electron chi connectivity index (χ4n) is 10.7. The van der Waals surface area contributed by atoms with Crippen LogP contribution in [-0.2, 0) is 42.9 Å². The lowest BCUT2D eigenvalue weighted by atomic mass is 9.43. The Kier molecular flexibility index (Phi) is 11.9. The summed E-state index contributed by atoms with van der Waals surface area (Å²) < 4.78 is 31.2. The maximum atomic E-state index is 15.7. The molecule has 4 aliphatic rings. The minimum atomic E-state index is -2.20. The van der Waals surface area contributed by atoms with Crippen molar-refractivity contribution < 1.29 is 57.6 Å². The second-order valence-corrected chi connectivity index (χ2v) is 18.1. The molecule has 0 spiro atoms. The maximum Gasteiger partial charge on any atom is 0.338 e. The van der Waals surface area contributed by atoms with Crippen LogP contribution in [0.25, 0.3) is 0 Å². The van der Waals surface area contributed by atoms with Gasteiger partial charge < -0.3 is 34.1 Å². The van der Waals surface area contributed by atoms with E-state index in [9.17, 15) is 29.1 Å². The molecular formula is C49H55NO12. The summed E-state index contributed by atoms with van der Waals surface area (Å²) in [5, 5.41) is 16.8. The maximum absolute atomic E-state index is 15.7. The summed E-state index contributed by atoms with van der Waals surface area (Å²) in [7, 11) is 0. The molecule has 3 fully saturated rings. The van der Waals surface area contributed by atoms with Gasteiger partial charge in [0.25, 0.3) is 5.91 Å². The number of amides is 1. The van der Waals surface area contributed by atoms with Gasteiger partial charge in [0.05, 0.1) is 30.0 Å². The highest BCUT2D eigenvalue weighted by Gasteiger charge is 2.77. The summed E-state index contributed by atoms with van der Waals surface area (Å²) in [5.41, 5.74) is -5.11. The predicted octanol–water partition coefficient (Wildman–Crippen LogP) is 6.29. The number of Topliss-reactive ketones (excluding diaryl/α,β-unsaturated/α-hetero) is 1. The van der Waals surface area contributed by atoms with Crippen LogP contribution < -0.4 is 5.32 Å². The Bertz CT molecular complexity index is 2280. The van der Waals surface area contributed by atoms with Gasteiger partial charge in [0.1, 0.15) is 23.9 Å². The van der Waals surface area contributed by atoms with Crippen molar-refractivity contribution in [2.24, 2.45) is 28.6 Å². The van der Waals surface area contributed by atoms with Crippen molar-refractivity contribution in [2.45, 2.75) is 110 Å². The van der Waals surface area contributed by atoms with Crippen LogP contribution in [0, 0.1) is 28.6 Å². The standard InChI is InChI=1S/C49H55NO12/c1-27-24-36-48(26-58-36,62-31(5)52)40-42(61-45(56)34-22-16-11-17-23-34)49(57)25-35(28(2)37(46(49,6)7)39(59-30(4)51)41(53)47(27,40)8)60-44(55)29(3)38(32-18-12-9-13-19-32)50-43(54)33-20-14-10-15-21-33/h9-23,27,29,35-36,38-40,42,57H,24-26H2,1-8H3,(H,50,54)/t27-,29+,35-,36+,38+,39+,40-,42-,47+,48-,49+/m0/s1. The molecule has 328 valence electrons. The third kappa shape index (κ3) is 7.32. The van der Waals surface area contributed by atoms with Gasteiger partial charge in [-0.15, -0.1) is 0 Å². The van der Waals surface area contributed by atoms with E-state index in [-0.39, 0.29) is 30.6 Å². The summed E-state index contributed by atoms with van der Waals surface area (Å²) in [6.07, 6.45) is -5.29. The van der Waals surface area contributed by atoms with Crippen molar-refractivity contribution in [3.63, 3.8) is 0 Å². The molecule has 2 saturated carbocycles. The molecule has 7 rings (SSSR count). The molecule has 3 aromatic carbocycles. The topological polar surface area (TPSA) is 181 Å². The molecule has 2 N–H and O–H groups in total. The summed E-state index contributed by atoms with van der Waals surface area (Å²) in [6, 6.07) is 24.9. The zero-order chi connectivity index (χ0) is 44.9. The molecule has 0 radical (unpaired) electrons. The molecule has 11 atom stereocenters. The van der Waals surface area contributed by atoms with Crippen molar-refractivity contribution in [2.75, 3.05) is 6.61 Å². The number of rotatable bonds is 10. The third-order valence-electron chi connectivity index (χ3n) is 14.3. The average molecular weight is 850 g/mol. The Morgan fingerprint density at radius 1 is 0.823 bits per heavy atom. The van der Waals surface area contributed by atoms with Gasteiger partial charge >= 0.3 is 23.9 Å². The van der Waals surface area contributed by atoms with E-state index in [1.165, 1.54) is 13.8 Å². The second kappa shape index (κ2) is 16.6. The van der Waals surface area contributed by atoms with Gasteiger partial charge in [0.15, 0.2) is 17.5 Å². The van der Waals surface area contributed by atoms with E-state index in [1.807, 2.05) is 13.0 Å². The molecule has 1 aliphatic heterocycles. The number of fused-ring (bicyclic) bond motifs is 5. The van der Waals surface area contributed by atoms with Gasteiger partial charge in [0.2, 0.25) is 0 Å². The van der Waals surface area contributed by atoms with Crippen LogP contribution in [0.15, 0.2) is 102 Å². The van der Waals surface area contributed by atoms with Crippen LogP contribution in [0.3, 0.4) is 0 Å². The Balaban J connectivity index is 1.39. The first kappa shape index (κ1) is 44.4. The molecule has 3 aromatic rings. The number of ether oxygens (including phenoxy) is 5. The number of ketones is 1. The SMILES string of the molecule is CC(=O)O[C@H]1C(=O)[C@@]2(C)[C@H]([C@H](OC(=O)c3ccccc3)[C@]3(O)C[C@H](OC(=O)[C@H](C)[C@@H](NC(=O)c4ccccc4)c4ccccc4)C(C)=C1C3(C)C)[C@]1(OC(C)=O)CO[C@@H]1C[C@@H]2C. The number of aliphatic hydroxyl groups is 1. The van der Waals surface area contributed by atoms with E-state index in [2.05, 4.69) is 5.32 Å². The number of nitrogens with one attached hydrogen (secondary N) is 1. The molecule has 1 amide bonds. The highest BCUT2D eigenvalue weighted by molar-refractivity contribution is 5.96. The molecule has 1 heterocycles. The Hall–Kier alpha value is -5.66. The minimum absolute atomic E-state index is 0.164. The van der Waals surface area contributed by atoms with Gasteiger partial charge in [-0.25, -0.2) is 4.79 Å². The summed E-state index contributed by atoms with van der Waals surface area (Å²) in [6.45, 7) is 12.4. The molecule has 1 saturated heterocycles. The van der Waals surface area contributed by atoms with Gasteiger partial charge in [-0.05, 0) is 67.2 Å². The van der Waals surface area contributed by atoms with Crippen LogP contribution in [0.5, 0.6) is 0 Å². The smallest absolute Gasteiger partial charge is 0.338 e. The zero-order valence-corrected chi connectivity index (χ0v) is 36.3. The Morgan fingerprint density at radius 3 is 1.95 bits per heavy atom. The van der Waals surface area contributed by atoms with Crippen molar-refractivity contribution >= 4 is 35.6 Å². The fourth-order valence-corrected chi connectivity index (χ4v) is 10.7. The summed E-state index contributed by atoms with van der Waals surface area (Å²) in [5.74, 6) is -6.76. The first-order valence-corrected chi connectivity index (χ1v) is 21.1. The molecule has 2 bridgehead atoms. The molecule has 62 heavy (non-hydrogen) atoms. The molecule has 13 heteroatoms. The van der Waals surface area contributed by atoms with Gasteiger partial charge in [-0.2, -0.15) is 0 Å². The number of benzene rings is 3. The fraction of sp³-hybridized carbons (Fsp3) is 0.469. The predicted molar refractivity (Wildman–Crippen MR) is 224 cm³/mol. The highest BCUT2D eigenvalue weighted by atomic mass is 16.6. The molecular weight excluding hydrogens is 795 g/mol. The van der Waals surface area contributed by atoms with Gasteiger partial charge in [-0.1, -0.05) is 94.4 Å². The quantitative estimate of drug-likeness (QED) is 0.133. The van der Waals surface area contributed by atoms with Crippen LogP contribution in [-0.4, -0.2) is 82.9 Å². The Labute approximate surface area is 361 Å². The van der Waals surface area contributed by atoms with Crippen LogP contribution in [0.1, 0.15) is 101 Å². The molecule has 13 nitrogen and oxygen atoms in total. The lowest BCUT2D eigenvalue weighted by molar-refractivity contribution is -0.340. The minimum Gasteiger partial charge on any atom is -0.457 e. The van der Waals surface area contributed by atoms with Crippen LogP contribution in [0.4, 0.5) is 0 Å². The zero-order valence-electron chi connectivity index (χ0n) is 36.3. The lowest BCUT2D eigenvalue weighted by Crippen LogP contribution is -2.80. The number of esters is 4. The van der Waals surface area contributed by atoms with Crippen molar-refractivity contribution in [3.05, 3.63) is 119 Å². The molecule has 0 unspecified atom stereocenters. The van der Waals surface area contributed by atoms with Crippen molar-refractivity contribution in [1.82, 2.24) is 5.32 Å². The first-order chi connectivity index (χ1) is 29.3. The van der Waals surface area contributed by atoms with E-state index >= 15 is 4.79 Å². The normalized spacial score (nSPS) is 31.9. The van der Waals surface area contributed by atoms with Crippen LogP contribution >= 0.6 is 0 Å². The molecule has 3 aliphatic carbocycles. The van der Waals surface area contributed by atoms with Gasteiger partial charge in [-0.3, -0.25) is 24.0 Å². The molecule has 0 aromatic heterocycles. The number of carbonyl (C=O) groups is 6. The number of hydrogen-bond donors (Lipinski definition) is 2. The van der Waals surface area contributed by atoms with E-state index in [1.54, 1.807) is 120 Å². The second-order valence-electron chi connectivity index (χ2n) is 18.1. The van der Waals surface area contributed by atoms with Gasteiger partial charge in [0, 0.05) is 36.7 Å². The average Bonchev–Trinajstić information content (AvgIpc) is 3.24. The first-order valence-electron chi connectivity index (χ1n) is 21.1. The van der Waals surface area contributed by atoms with E-state index < -0.39 is 106 Å². The lowest BCUT2D eigenvalue weighted by Gasteiger charge is -2.68. The van der Waals surface area contributed by atoms with Crippen molar-refractivity contribution in [3.8, 4) is 0 Å². The number of hydrogen-bond acceptors (Lipinski definition) is 12. The third-order valence-corrected chi connectivity index (χ3v) is 14.3. The van der Waals surface area contributed by atoms with Crippen LogP contribution in [0.2, 0.25) is 0 Å². The van der Waals surface area contributed by atoms with E-state index in [4.69, 9.17) is 23.7 Å². The number of carbonyl (C=O) groups excluding carboxylic acids is 6. The highest BCUT2D eigenvalue weighted by Crippen LogP contribution is 2.65. The monoisotopic (exact) mass is 849 g/mol.